The molecule has 0 unspecified atom stereocenters. The highest BCUT2D eigenvalue weighted by atomic mass is 79.9. The lowest BCUT2D eigenvalue weighted by Crippen LogP contribution is -1.97. The van der Waals surface area contributed by atoms with E-state index < -0.39 is 0 Å². The van der Waals surface area contributed by atoms with Gasteiger partial charge >= 0.3 is 0 Å². The number of hydrogen-bond acceptors (Lipinski definition) is 5. The molecule has 0 saturated carbocycles. The molecule has 0 spiro atoms. The van der Waals surface area contributed by atoms with E-state index in [0.717, 1.165) is 34.1 Å². The minimum atomic E-state index is 0.816. The van der Waals surface area contributed by atoms with E-state index in [0.29, 0.717) is 0 Å². The first-order valence-electron chi connectivity index (χ1n) is 5.08. The van der Waals surface area contributed by atoms with Gasteiger partial charge in [0.05, 0.1) is 10.3 Å². The molecule has 0 atom stereocenters. The molecule has 1 N–H and O–H groups in total. The Morgan fingerprint density at radius 2 is 2.31 bits per heavy atom. The van der Waals surface area contributed by atoms with E-state index in [4.69, 9.17) is 0 Å². The maximum atomic E-state index is 4.41. The van der Waals surface area contributed by atoms with Crippen molar-refractivity contribution in [3.63, 3.8) is 0 Å². The minimum absolute atomic E-state index is 0.816. The second kappa shape index (κ2) is 5.75. The van der Waals surface area contributed by atoms with Gasteiger partial charge in [-0.15, -0.1) is 11.3 Å². The zero-order chi connectivity index (χ0) is 11.4. The monoisotopic (exact) mass is 317 g/mol. The lowest BCUT2D eigenvalue weighted by atomic mass is 10.3. The molecule has 0 aliphatic rings. The molecule has 2 rings (SSSR count). The van der Waals surface area contributed by atoms with Gasteiger partial charge < -0.3 is 5.32 Å². The summed E-state index contributed by atoms with van der Waals surface area (Å²) >= 11 is 6.62. The first-order chi connectivity index (χ1) is 7.78. The fraction of sp³-hybridized carbons (Fsp3) is 0.400. The molecule has 0 aliphatic heterocycles. The Morgan fingerprint density at radius 3 is 3.00 bits per heavy atom. The summed E-state index contributed by atoms with van der Waals surface area (Å²) in [6, 6.07) is 4.17. The fourth-order valence-corrected chi connectivity index (χ4v) is 3.29. The molecule has 3 nitrogen and oxygen atoms in total. The minimum Gasteiger partial charge on any atom is -0.355 e. The van der Waals surface area contributed by atoms with E-state index in [1.807, 2.05) is 0 Å². The zero-order valence-corrected chi connectivity index (χ0v) is 12.1. The SMILES string of the molecule is CCCc1nsc(NCc2ccc(Br)s2)n1. The van der Waals surface area contributed by atoms with Crippen molar-refractivity contribution in [2.24, 2.45) is 0 Å². The lowest BCUT2D eigenvalue weighted by molar-refractivity contribution is 0.861. The first-order valence-corrected chi connectivity index (χ1v) is 7.47. The first kappa shape index (κ1) is 12.0. The number of thiophene rings is 1. The summed E-state index contributed by atoms with van der Waals surface area (Å²) in [7, 11) is 0. The van der Waals surface area contributed by atoms with Crippen LogP contribution in [0, 0.1) is 0 Å². The van der Waals surface area contributed by atoms with Crippen molar-refractivity contribution in [2.75, 3.05) is 5.32 Å². The van der Waals surface area contributed by atoms with E-state index in [1.165, 1.54) is 16.4 Å². The second-order valence-electron chi connectivity index (χ2n) is 3.33. The maximum Gasteiger partial charge on any atom is 0.202 e. The normalized spacial score (nSPS) is 10.6. The van der Waals surface area contributed by atoms with Crippen molar-refractivity contribution in [2.45, 2.75) is 26.3 Å². The number of hydrogen-bond donors (Lipinski definition) is 1. The van der Waals surface area contributed by atoms with Gasteiger partial charge in [-0.1, -0.05) is 6.92 Å². The smallest absolute Gasteiger partial charge is 0.202 e. The summed E-state index contributed by atoms with van der Waals surface area (Å²) in [6.07, 6.45) is 2.05. The van der Waals surface area contributed by atoms with Crippen LogP contribution in [0.15, 0.2) is 15.9 Å². The lowest BCUT2D eigenvalue weighted by Gasteiger charge is -1.97. The number of aryl methyl sites for hydroxylation is 1. The third kappa shape index (κ3) is 3.26. The fourth-order valence-electron chi connectivity index (χ4n) is 1.26. The van der Waals surface area contributed by atoms with Gasteiger partial charge in [0, 0.05) is 22.8 Å². The van der Waals surface area contributed by atoms with Gasteiger partial charge in [0.25, 0.3) is 0 Å². The van der Waals surface area contributed by atoms with E-state index in [1.54, 1.807) is 11.3 Å². The molecule has 6 heteroatoms. The van der Waals surface area contributed by atoms with E-state index in [2.05, 4.69) is 49.7 Å². The second-order valence-corrected chi connectivity index (χ2v) is 6.62. The van der Waals surface area contributed by atoms with Crippen LogP contribution in [0.1, 0.15) is 24.0 Å². The molecule has 2 aromatic rings. The van der Waals surface area contributed by atoms with Crippen molar-refractivity contribution in [3.8, 4) is 0 Å². The average molecular weight is 318 g/mol. The number of anilines is 1. The molecule has 0 aliphatic carbocycles. The van der Waals surface area contributed by atoms with Crippen molar-refractivity contribution in [1.82, 2.24) is 9.36 Å². The topological polar surface area (TPSA) is 37.8 Å². The number of rotatable bonds is 5. The zero-order valence-electron chi connectivity index (χ0n) is 8.86. The third-order valence-electron chi connectivity index (χ3n) is 1.98. The summed E-state index contributed by atoms with van der Waals surface area (Å²) in [5.41, 5.74) is 0. The Bertz CT molecular complexity index is 452. The van der Waals surface area contributed by atoms with Crippen LogP contribution >= 0.6 is 38.8 Å². The molecule has 0 radical (unpaired) electrons. The van der Waals surface area contributed by atoms with Gasteiger partial charge in [-0.2, -0.15) is 4.37 Å². The van der Waals surface area contributed by atoms with Gasteiger partial charge in [-0.3, -0.25) is 0 Å². The van der Waals surface area contributed by atoms with Crippen LogP contribution in [0.3, 0.4) is 0 Å². The summed E-state index contributed by atoms with van der Waals surface area (Å²) in [6.45, 7) is 2.95. The van der Waals surface area contributed by atoms with Crippen LogP contribution in [0.5, 0.6) is 0 Å². The molecule has 86 valence electrons. The van der Waals surface area contributed by atoms with Gasteiger partial charge in [0.2, 0.25) is 5.13 Å². The van der Waals surface area contributed by atoms with Crippen LogP contribution < -0.4 is 5.32 Å². The largest absolute Gasteiger partial charge is 0.355 e. The third-order valence-corrected chi connectivity index (χ3v) is 4.32. The van der Waals surface area contributed by atoms with E-state index in [-0.39, 0.29) is 0 Å². The molecular formula is C10H12BrN3S2. The van der Waals surface area contributed by atoms with E-state index in [9.17, 15) is 0 Å². The molecule has 16 heavy (non-hydrogen) atoms. The van der Waals surface area contributed by atoms with Crippen molar-refractivity contribution in [3.05, 3.63) is 26.6 Å². The molecular weight excluding hydrogens is 306 g/mol. The van der Waals surface area contributed by atoms with Gasteiger partial charge in [-0.25, -0.2) is 4.98 Å². The number of halogens is 1. The Labute approximate surface area is 111 Å². The van der Waals surface area contributed by atoms with Gasteiger partial charge in [0.15, 0.2) is 0 Å². The van der Waals surface area contributed by atoms with Crippen LogP contribution in [0.4, 0.5) is 5.13 Å². The number of aromatic nitrogens is 2. The Balaban J connectivity index is 1.89. The summed E-state index contributed by atoms with van der Waals surface area (Å²) in [4.78, 5) is 5.70. The number of nitrogens with zero attached hydrogens (tertiary/aromatic N) is 2. The Hall–Kier alpha value is -0.460. The Morgan fingerprint density at radius 1 is 1.44 bits per heavy atom. The predicted octanol–water partition coefficient (Wildman–Crippen LogP) is 3.93. The Kier molecular flexibility index (Phi) is 4.31. The van der Waals surface area contributed by atoms with Crippen LogP contribution in [0.2, 0.25) is 0 Å². The van der Waals surface area contributed by atoms with Crippen LogP contribution in [-0.4, -0.2) is 9.36 Å². The molecule has 0 bridgehead atoms. The van der Waals surface area contributed by atoms with Crippen molar-refractivity contribution in [1.29, 1.82) is 0 Å². The highest BCUT2D eigenvalue weighted by Gasteiger charge is 2.03. The molecule has 0 aromatic carbocycles. The van der Waals surface area contributed by atoms with Crippen LogP contribution in [-0.2, 0) is 13.0 Å². The molecule has 2 heterocycles. The summed E-state index contributed by atoms with van der Waals surface area (Å²) in [5.74, 6) is 0.947. The predicted molar refractivity (Wildman–Crippen MR) is 73.2 cm³/mol. The number of nitrogens with one attached hydrogen (secondary N) is 1. The van der Waals surface area contributed by atoms with Crippen LogP contribution in [0.25, 0.3) is 0 Å². The van der Waals surface area contributed by atoms with Gasteiger partial charge in [-0.05, 0) is 34.5 Å². The van der Waals surface area contributed by atoms with Crippen molar-refractivity contribution >= 4 is 43.9 Å². The summed E-state index contributed by atoms with van der Waals surface area (Å²) in [5, 5.41) is 4.20. The van der Waals surface area contributed by atoms with Crippen molar-refractivity contribution < 1.29 is 0 Å². The highest BCUT2D eigenvalue weighted by molar-refractivity contribution is 9.11. The molecule has 0 fully saturated rings. The quantitative estimate of drug-likeness (QED) is 0.908. The van der Waals surface area contributed by atoms with E-state index >= 15 is 0 Å². The highest BCUT2D eigenvalue weighted by Crippen LogP contribution is 2.23. The summed E-state index contributed by atoms with van der Waals surface area (Å²) < 4.78 is 5.45. The maximum absolute atomic E-state index is 4.41. The molecule has 2 aromatic heterocycles. The average Bonchev–Trinajstić information content (AvgIpc) is 2.85. The standard InChI is InChI=1S/C10H12BrN3S2/c1-2-3-9-13-10(16-14-9)12-6-7-4-5-8(11)15-7/h4-5H,2-3,6H2,1H3,(H,12,13,14). The molecule has 0 saturated heterocycles. The molecule has 0 amide bonds. The van der Waals surface area contributed by atoms with Gasteiger partial charge in [0.1, 0.15) is 5.82 Å².